The normalized spacial score (nSPS) is 16.8. The van der Waals surface area contributed by atoms with Gasteiger partial charge in [0.2, 0.25) is 0 Å². The van der Waals surface area contributed by atoms with Gasteiger partial charge in [0.25, 0.3) is 0 Å². The smallest absolute Gasteiger partial charge is 0.0270 e. The van der Waals surface area contributed by atoms with E-state index in [1.54, 1.807) is 0 Å². The van der Waals surface area contributed by atoms with E-state index in [0.717, 1.165) is 5.92 Å². The molecule has 0 heteroatoms. The molecule has 0 rings (SSSR count). The Morgan fingerprint density at radius 1 is 0.529 bits per heavy atom. The summed E-state index contributed by atoms with van der Waals surface area (Å²) >= 11 is 0. The van der Waals surface area contributed by atoms with Gasteiger partial charge in [-0.3, -0.25) is 0 Å². The van der Waals surface area contributed by atoms with Gasteiger partial charge in [-0.2, -0.15) is 0 Å². The number of rotatable bonds is 5. The Morgan fingerprint density at radius 3 is 1.12 bits per heavy atom. The summed E-state index contributed by atoms with van der Waals surface area (Å²) in [6.45, 7) is 26.5. The Bertz CT molecular complexity index is 241. The van der Waals surface area contributed by atoms with Crippen molar-refractivity contribution in [3.8, 4) is 0 Å². The molecule has 0 nitrogen and oxygen atoms in total. The summed E-state index contributed by atoms with van der Waals surface area (Å²) in [6.07, 6.45) is 0. The Morgan fingerprint density at radius 2 is 0.882 bits per heavy atom. The Balaban J connectivity index is 5.34. The maximum absolute atomic E-state index is 2.46. The first kappa shape index (κ1) is 17.0. The first-order chi connectivity index (χ1) is 7.29. The van der Waals surface area contributed by atoms with Gasteiger partial charge in [-0.25, -0.2) is 0 Å². The minimum absolute atomic E-state index is 0.342. The minimum Gasteiger partial charge on any atom is -0.0623 e. The summed E-state index contributed by atoms with van der Waals surface area (Å²) in [5, 5.41) is 0. The van der Waals surface area contributed by atoms with Crippen LogP contribution in [0.25, 0.3) is 0 Å². The molecule has 0 heterocycles. The number of hydrogen-bond acceptors (Lipinski definition) is 0. The van der Waals surface area contributed by atoms with Crippen LogP contribution in [0.1, 0.15) is 76.2 Å². The molecule has 0 aromatic heterocycles. The van der Waals surface area contributed by atoms with Crippen LogP contribution in [0.3, 0.4) is 0 Å². The summed E-state index contributed by atoms with van der Waals surface area (Å²) in [7, 11) is 0. The van der Waals surface area contributed by atoms with Crippen LogP contribution in [0.4, 0.5) is 0 Å². The molecular weight excluding hydrogens is 204 g/mol. The zero-order valence-corrected chi connectivity index (χ0v) is 14.2. The molecule has 0 saturated heterocycles. The van der Waals surface area contributed by atoms with Crippen molar-refractivity contribution in [3.05, 3.63) is 0 Å². The average Bonchev–Trinajstić information content (AvgIpc) is 2.15. The minimum atomic E-state index is 0.342. The zero-order chi connectivity index (χ0) is 14.2. The highest BCUT2D eigenvalue weighted by Gasteiger charge is 2.48. The van der Waals surface area contributed by atoms with E-state index < -0.39 is 0 Å². The standard InChI is InChI=1S/C17H36/c1-12(2)15(6,7)14(5)17(10,11)16(8,9)13(3)4/h12-14H,1-11H3. The third-order valence-corrected chi connectivity index (χ3v) is 6.79. The van der Waals surface area contributed by atoms with Gasteiger partial charge in [-0.05, 0) is 34.0 Å². The fraction of sp³-hybridized carbons (Fsp3) is 1.00. The van der Waals surface area contributed by atoms with Crippen LogP contribution in [0.5, 0.6) is 0 Å². The van der Waals surface area contributed by atoms with Crippen molar-refractivity contribution in [2.75, 3.05) is 0 Å². The molecular formula is C17H36. The second-order valence-corrected chi connectivity index (χ2v) is 8.30. The van der Waals surface area contributed by atoms with Crippen LogP contribution in [-0.2, 0) is 0 Å². The van der Waals surface area contributed by atoms with Crippen LogP contribution < -0.4 is 0 Å². The Hall–Kier alpha value is 0. The summed E-state index contributed by atoms with van der Waals surface area (Å²) in [5.41, 5.74) is 1.09. The first-order valence-corrected chi connectivity index (χ1v) is 7.29. The third kappa shape index (κ3) is 2.88. The van der Waals surface area contributed by atoms with E-state index in [1.165, 1.54) is 0 Å². The monoisotopic (exact) mass is 240 g/mol. The van der Waals surface area contributed by atoms with Gasteiger partial charge in [-0.1, -0.05) is 76.2 Å². The Labute approximate surface area is 111 Å². The van der Waals surface area contributed by atoms with Gasteiger partial charge in [0.05, 0.1) is 0 Å². The highest BCUT2D eigenvalue weighted by atomic mass is 14.5. The zero-order valence-electron chi connectivity index (χ0n) is 14.2. The second-order valence-electron chi connectivity index (χ2n) is 8.30. The van der Waals surface area contributed by atoms with Crippen molar-refractivity contribution in [3.63, 3.8) is 0 Å². The molecule has 0 saturated carbocycles. The van der Waals surface area contributed by atoms with Crippen LogP contribution in [0.2, 0.25) is 0 Å². The molecule has 0 aromatic carbocycles. The van der Waals surface area contributed by atoms with Gasteiger partial charge >= 0.3 is 0 Å². The highest BCUT2D eigenvalue weighted by molar-refractivity contribution is 4.97. The van der Waals surface area contributed by atoms with Crippen LogP contribution in [-0.4, -0.2) is 0 Å². The SMILES string of the molecule is CC(C)C(C)(C)C(C)C(C)(C)C(C)(C)C(C)C. The van der Waals surface area contributed by atoms with Crippen molar-refractivity contribution in [1.82, 2.24) is 0 Å². The van der Waals surface area contributed by atoms with E-state index >= 15 is 0 Å². The molecule has 0 spiro atoms. The topological polar surface area (TPSA) is 0 Å². The molecule has 0 aliphatic carbocycles. The van der Waals surface area contributed by atoms with E-state index in [9.17, 15) is 0 Å². The molecule has 0 amide bonds. The first-order valence-electron chi connectivity index (χ1n) is 7.29. The number of hydrogen-bond donors (Lipinski definition) is 0. The molecule has 17 heavy (non-hydrogen) atoms. The molecule has 0 bridgehead atoms. The van der Waals surface area contributed by atoms with Gasteiger partial charge < -0.3 is 0 Å². The highest BCUT2D eigenvalue weighted by Crippen LogP contribution is 2.55. The van der Waals surface area contributed by atoms with Crippen molar-refractivity contribution >= 4 is 0 Å². The molecule has 0 fully saturated rings. The summed E-state index contributed by atoms with van der Waals surface area (Å²) in [5.74, 6) is 2.13. The average molecular weight is 240 g/mol. The van der Waals surface area contributed by atoms with Crippen LogP contribution in [0, 0.1) is 34.0 Å². The van der Waals surface area contributed by atoms with E-state index in [2.05, 4.69) is 76.2 Å². The van der Waals surface area contributed by atoms with Gasteiger partial charge in [0, 0.05) is 0 Å². The lowest BCUT2D eigenvalue weighted by Crippen LogP contribution is -2.47. The Kier molecular flexibility index (Phi) is 4.94. The van der Waals surface area contributed by atoms with Crippen molar-refractivity contribution in [2.24, 2.45) is 34.0 Å². The maximum Gasteiger partial charge on any atom is -0.0270 e. The predicted molar refractivity (Wildman–Crippen MR) is 80.2 cm³/mol. The quantitative estimate of drug-likeness (QED) is 0.552. The van der Waals surface area contributed by atoms with Crippen LogP contribution >= 0.6 is 0 Å². The summed E-state index contributed by atoms with van der Waals surface area (Å²) < 4.78 is 0. The third-order valence-electron chi connectivity index (χ3n) is 6.79. The summed E-state index contributed by atoms with van der Waals surface area (Å²) in [4.78, 5) is 0. The molecule has 0 aliphatic heterocycles. The van der Waals surface area contributed by atoms with Crippen molar-refractivity contribution in [2.45, 2.75) is 76.2 Å². The van der Waals surface area contributed by atoms with E-state index in [1.807, 2.05) is 0 Å². The van der Waals surface area contributed by atoms with Gasteiger partial charge in [0.1, 0.15) is 0 Å². The van der Waals surface area contributed by atoms with Crippen molar-refractivity contribution in [1.29, 1.82) is 0 Å². The molecule has 0 aliphatic rings. The molecule has 0 aromatic rings. The van der Waals surface area contributed by atoms with Gasteiger partial charge in [0.15, 0.2) is 0 Å². The van der Waals surface area contributed by atoms with Gasteiger partial charge in [-0.15, -0.1) is 0 Å². The maximum atomic E-state index is 2.46. The lowest BCUT2D eigenvalue weighted by molar-refractivity contribution is -0.0573. The van der Waals surface area contributed by atoms with E-state index in [0.29, 0.717) is 28.1 Å². The molecule has 0 N–H and O–H groups in total. The largest absolute Gasteiger partial charge is 0.0623 e. The molecule has 104 valence electrons. The second kappa shape index (κ2) is 4.94. The predicted octanol–water partition coefficient (Wildman–Crippen LogP) is 6.01. The fourth-order valence-electron chi connectivity index (χ4n) is 2.73. The van der Waals surface area contributed by atoms with Crippen molar-refractivity contribution < 1.29 is 0 Å². The molecule has 1 unspecified atom stereocenters. The summed E-state index contributed by atoms with van der Waals surface area (Å²) in [6, 6.07) is 0. The van der Waals surface area contributed by atoms with Crippen LogP contribution in [0.15, 0.2) is 0 Å². The molecule has 0 radical (unpaired) electrons. The lowest BCUT2D eigenvalue weighted by Gasteiger charge is -2.54. The van der Waals surface area contributed by atoms with E-state index in [-0.39, 0.29) is 0 Å². The van der Waals surface area contributed by atoms with E-state index in [4.69, 9.17) is 0 Å². The fourth-order valence-corrected chi connectivity index (χ4v) is 2.73. The lowest BCUT2D eigenvalue weighted by atomic mass is 9.51. The molecule has 1 atom stereocenters.